The second kappa shape index (κ2) is 10.1. The highest BCUT2D eigenvalue weighted by atomic mass is 32.2. The molecule has 2 aliphatic rings. The fourth-order valence-corrected chi connectivity index (χ4v) is 5.90. The van der Waals surface area contributed by atoms with Crippen molar-refractivity contribution >= 4 is 50.2 Å². The average molecular weight is 566 g/mol. The molecule has 0 atom stereocenters. The molecule has 2 amide bonds. The third-order valence-corrected chi connectivity index (χ3v) is 8.63. The first-order valence-electron chi connectivity index (χ1n) is 11.6. The van der Waals surface area contributed by atoms with Crippen LogP contribution in [0.2, 0.25) is 0 Å². The number of carbonyl (C=O) groups excluding carboxylic acids is 2. The number of anilines is 1. The highest BCUT2D eigenvalue weighted by Crippen LogP contribution is 2.32. The number of nitrogens with one attached hydrogen (secondary N) is 2. The van der Waals surface area contributed by atoms with E-state index in [9.17, 15) is 31.2 Å². The molecule has 9 nitrogen and oxygen atoms in total. The highest BCUT2D eigenvalue weighted by Gasteiger charge is 2.46. The Balaban J connectivity index is 1.22. The van der Waals surface area contributed by atoms with Gasteiger partial charge in [-0.2, -0.15) is 13.2 Å². The van der Waals surface area contributed by atoms with Crippen molar-refractivity contribution in [2.75, 3.05) is 18.4 Å². The SMILES string of the molecule is O=C1NC(=O)C(=Cc2ccc3ncc(CN4CCC(Nc5cccc(S(=O)(=O)C(F)(F)F)c5)CC4)n3c2)S1. The van der Waals surface area contributed by atoms with Gasteiger partial charge in [0.05, 0.1) is 21.7 Å². The number of alkyl halides is 3. The normalized spacial score (nSPS) is 18.9. The maximum atomic E-state index is 12.9. The molecule has 2 aromatic heterocycles. The number of pyridine rings is 1. The molecule has 0 bridgehead atoms. The van der Waals surface area contributed by atoms with Crippen LogP contribution in [0.1, 0.15) is 24.1 Å². The van der Waals surface area contributed by atoms with E-state index in [4.69, 9.17) is 0 Å². The summed E-state index contributed by atoms with van der Waals surface area (Å²) < 4.78 is 64.1. The Hall–Kier alpha value is -3.36. The third kappa shape index (κ3) is 5.42. The number of fused-ring (bicyclic) bond motifs is 1. The molecule has 0 unspecified atom stereocenters. The second-order valence-corrected chi connectivity index (χ2v) is 11.9. The van der Waals surface area contributed by atoms with Crippen LogP contribution < -0.4 is 10.6 Å². The minimum atomic E-state index is -5.41. The van der Waals surface area contributed by atoms with Gasteiger partial charge in [0.2, 0.25) is 0 Å². The number of thioether (sulfide) groups is 1. The first-order chi connectivity index (χ1) is 18.0. The minimum Gasteiger partial charge on any atom is -0.382 e. The van der Waals surface area contributed by atoms with Gasteiger partial charge in [-0.3, -0.25) is 19.8 Å². The fourth-order valence-electron chi connectivity index (χ4n) is 4.41. The second-order valence-electron chi connectivity index (χ2n) is 8.96. The Bertz CT molecular complexity index is 1540. The number of halogens is 3. The topological polar surface area (TPSA) is 113 Å². The Morgan fingerprint density at radius 3 is 2.61 bits per heavy atom. The number of likely N-dealkylation sites (tertiary alicyclic amines) is 1. The monoisotopic (exact) mass is 565 g/mol. The van der Waals surface area contributed by atoms with Crippen molar-refractivity contribution in [3.63, 3.8) is 0 Å². The van der Waals surface area contributed by atoms with Gasteiger partial charge in [0.25, 0.3) is 21.0 Å². The van der Waals surface area contributed by atoms with Crippen molar-refractivity contribution in [1.29, 1.82) is 0 Å². The van der Waals surface area contributed by atoms with E-state index >= 15 is 0 Å². The molecule has 200 valence electrons. The summed E-state index contributed by atoms with van der Waals surface area (Å²) in [5, 5.41) is 4.99. The molecule has 2 saturated heterocycles. The standard InChI is InChI=1S/C24H22F3N5O4S2/c25-24(26,27)38(35,36)19-3-1-2-17(11-19)29-16-6-8-31(9-7-16)14-18-12-28-21-5-4-15(13-32(18)21)10-20-22(33)30-23(34)37-20/h1-5,10-13,16,29H,6-9,14H2,(H,30,33,34). The predicted octanol–water partition coefficient (Wildman–Crippen LogP) is 4.03. The molecule has 0 radical (unpaired) electrons. The maximum Gasteiger partial charge on any atom is 0.501 e. The Kier molecular flexibility index (Phi) is 6.96. The van der Waals surface area contributed by atoms with Crippen LogP contribution in [0.25, 0.3) is 11.7 Å². The number of benzene rings is 1. The molecule has 0 saturated carbocycles. The summed E-state index contributed by atoms with van der Waals surface area (Å²) in [4.78, 5) is 29.5. The van der Waals surface area contributed by atoms with E-state index in [1.165, 1.54) is 6.07 Å². The summed E-state index contributed by atoms with van der Waals surface area (Å²) >= 11 is 0.855. The zero-order valence-electron chi connectivity index (χ0n) is 19.7. The Morgan fingerprint density at radius 1 is 1.16 bits per heavy atom. The number of sulfone groups is 1. The van der Waals surface area contributed by atoms with E-state index in [0.29, 0.717) is 43.1 Å². The largest absolute Gasteiger partial charge is 0.501 e. The average Bonchev–Trinajstić information content (AvgIpc) is 3.41. The predicted molar refractivity (Wildman–Crippen MR) is 136 cm³/mol. The summed E-state index contributed by atoms with van der Waals surface area (Å²) in [5.41, 5.74) is -2.59. The van der Waals surface area contributed by atoms with Gasteiger partial charge in [0.1, 0.15) is 5.65 Å². The smallest absolute Gasteiger partial charge is 0.382 e. The molecule has 0 aliphatic carbocycles. The number of imidazole rings is 1. The number of imide groups is 1. The molecule has 2 N–H and O–H groups in total. The van der Waals surface area contributed by atoms with Crippen molar-refractivity contribution in [2.24, 2.45) is 0 Å². The van der Waals surface area contributed by atoms with Gasteiger partial charge in [-0.15, -0.1) is 0 Å². The summed E-state index contributed by atoms with van der Waals surface area (Å²) in [6.45, 7) is 2.04. The minimum absolute atomic E-state index is 0.0201. The van der Waals surface area contributed by atoms with Crippen LogP contribution in [-0.4, -0.2) is 58.5 Å². The lowest BCUT2D eigenvalue weighted by Gasteiger charge is -2.32. The number of nitrogens with zero attached hydrogens (tertiary/aromatic N) is 3. The van der Waals surface area contributed by atoms with E-state index in [-0.39, 0.29) is 6.04 Å². The number of piperidine rings is 1. The van der Waals surface area contributed by atoms with Gasteiger partial charge in [0.15, 0.2) is 0 Å². The van der Waals surface area contributed by atoms with Gasteiger partial charge in [-0.25, -0.2) is 13.4 Å². The molecule has 1 aromatic carbocycles. The van der Waals surface area contributed by atoms with E-state index in [1.807, 2.05) is 22.7 Å². The van der Waals surface area contributed by atoms with Crippen molar-refractivity contribution < 1.29 is 31.2 Å². The molecule has 3 aromatic rings. The Labute approximate surface area is 220 Å². The van der Waals surface area contributed by atoms with Crippen molar-refractivity contribution in [2.45, 2.75) is 35.8 Å². The summed E-state index contributed by atoms with van der Waals surface area (Å²) in [5.74, 6) is -0.420. The van der Waals surface area contributed by atoms with Crippen LogP contribution in [0.5, 0.6) is 0 Å². The van der Waals surface area contributed by atoms with Crippen LogP contribution in [0.4, 0.5) is 23.7 Å². The molecule has 0 spiro atoms. The lowest BCUT2D eigenvalue weighted by atomic mass is 10.0. The lowest BCUT2D eigenvalue weighted by molar-refractivity contribution is -0.115. The van der Waals surface area contributed by atoms with Crippen LogP contribution in [0.15, 0.2) is 58.6 Å². The van der Waals surface area contributed by atoms with E-state index in [0.717, 1.165) is 40.8 Å². The van der Waals surface area contributed by atoms with Crippen molar-refractivity contribution in [3.8, 4) is 0 Å². The molecule has 2 aliphatic heterocycles. The van der Waals surface area contributed by atoms with Gasteiger partial charge in [-0.05, 0) is 66.6 Å². The number of carbonyl (C=O) groups is 2. The van der Waals surface area contributed by atoms with Gasteiger partial charge < -0.3 is 9.72 Å². The van der Waals surface area contributed by atoms with Crippen LogP contribution in [0, 0.1) is 0 Å². The highest BCUT2D eigenvalue weighted by molar-refractivity contribution is 8.18. The molecule has 4 heterocycles. The molecular formula is C24H22F3N5O4S2. The zero-order valence-corrected chi connectivity index (χ0v) is 21.4. The first kappa shape index (κ1) is 26.3. The van der Waals surface area contributed by atoms with Gasteiger partial charge in [0, 0.05) is 37.6 Å². The zero-order chi connectivity index (χ0) is 27.1. The first-order valence-corrected chi connectivity index (χ1v) is 13.9. The van der Waals surface area contributed by atoms with Gasteiger partial charge in [-0.1, -0.05) is 6.07 Å². The molecular weight excluding hydrogens is 543 g/mol. The number of aromatic nitrogens is 2. The number of hydrogen-bond donors (Lipinski definition) is 2. The number of hydrogen-bond acceptors (Lipinski definition) is 8. The summed E-state index contributed by atoms with van der Waals surface area (Å²) in [7, 11) is -5.41. The molecule has 2 fully saturated rings. The third-order valence-electron chi connectivity index (χ3n) is 6.34. The van der Waals surface area contributed by atoms with E-state index in [2.05, 4.69) is 20.5 Å². The summed E-state index contributed by atoms with van der Waals surface area (Å²) in [6.07, 6.45) is 6.72. The fraction of sp³-hybridized carbons (Fsp3) is 0.292. The van der Waals surface area contributed by atoms with Crippen molar-refractivity contribution in [1.82, 2.24) is 19.6 Å². The number of amides is 2. The maximum absolute atomic E-state index is 12.9. The summed E-state index contributed by atoms with van der Waals surface area (Å²) in [6, 6.07) is 8.44. The van der Waals surface area contributed by atoms with Gasteiger partial charge >= 0.3 is 5.51 Å². The van der Waals surface area contributed by atoms with Crippen molar-refractivity contribution in [3.05, 3.63) is 65.0 Å². The quantitative estimate of drug-likeness (QED) is 0.431. The van der Waals surface area contributed by atoms with E-state index in [1.54, 1.807) is 18.3 Å². The molecule has 5 rings (SSSR count). The van der Waals surface area contributed by atoms with Crippen LogP contribution in [0.3, 0.4) is 0 Å². The Morgan fingerprint density at radius 2 is 1.92 bits per heavy atom. The lowest BCUT2D eigenvalue weighted by Crippen LogP contribution is -2.38. The van der Waals surface area contributed by atoms with E-state index < -0.39 is 31.4 Å². The molecule has 38 heavy (non-hydrogen) atoms. The van der Waals surface area contributed by atoms with Crippen LogP contribution >= 0.6 is 11.8 Å². The molecule has 14 heteroatoms. The van der Waals surface area contributed by atoms with Crippen LogP contribution in [-0.2, 0) is 21.2 Å². The number of rotatable bonds is 6.